The van der Waals surface area contributed by atoms with Gasteiger partial charge in [0.15, 0.2) is 0 Å². The van der Waals surface area contributed by atoms with E-state index in [0.717, 1.165) is 45.2 Å². The number of fused-ring (bicyclic) bond motifs is 1. The third-order valence-corrected chi connectivity index (χ3v) is 12.8. The van der Waals surface area contributed by atoms with Crippen LogP contribution in [-0.4, -0.2) is 22.4 Å². The fourth-order valence-electron chi connectivity index (χ4n) is 9.95. The third kappa shape index (κ3) is 6.05. The third-order valence-electron chi connectivity index (χ3n) is 12.8. The van der Waals surface area contributed by atoms with Crippen molar-refractivity contribution in [2.24, 2.45) is 0 Å². The van der Waals surface area contributed by atoms with E-state index < -0.39 is 60.4 Å². The van der Waals surface area contributed by atoms with Gasteiger partial charge in [-0.05, 0) is 98.8 Å². The monoisotopic (exact) mass is 864 g/mol. The molecule has 9 aromatic rings. The summed E-state index contributed by atoms with van der Waals surface area (Å²) in [6.07, 6.45) is 11.2. The van der Waals surface area contributed by atoms with E-state index in [1.165, 1.54) is 0 Å². The number of aromatic nitrogens is 3. The summed E-state index contributed by atoms with van der Waals surface area (Å²) >= 11 is 0. The number of allylic oxidation sites excluding steroid dienone is 2. The number of hydrogen-bond donors (Lipinski definition) is 0. The summed E-state index contributed by atoms with van der Waals surface area (Å²) in [6, 6.07) is 28.6. The molecular weight excluding hydrogens is 811 g/mol. The van der Waals surface area contributed by atoms with Gasteiger partial charge in [0.25, 0.3) is 6.33 Å². The first-order valence-electron chi connectivity index (χ1n) is 26.8. The summed E-state index contributed by atoms with van der Waals surface area (Å²) in [5.74, 6) is 3.91. The second-order valence-electron chi connectivity index (χ2n) is 17.7. The number of rotatable bonds is 7. The van der Waals surface area contributed by atoms with E-state index in [9.17, 15) is 0 Å². The Balaban J connectivity index is 0.981. The van der Waals surface area contributed by atoms with Crippen LogP contribution < -0.4 is 34.6 Å². The van der Waals surface area contributed by atoms with Crippen molar-refractivity contribution in [1.29, 1.82) is 0 Å². The zero-order chi connectivity index (χ0) is 52.8. The maximum absolute atomic E-state index is 9.07. The summed E-state index contributed by atoms with van der Waals surface area (Å²) in [6.45, 7) is 6.46. The summed E-state index contributed by atoms with van der Waals surface area (Å²) < 4.78 is 111. The lowest BCUT2D eigenvalue weighted by molar-refractivity contribution is -0.571. The lowest BCUT2D eigenvalue weighted by Crippen LogP contribution is -2.62. The van der Waals surface area contributed by atoms with Crippen molar-refractivity contribution in [3.8, 4) is 56.6 Å². The minimum absolute atomic E-state index is 0.0739. The second-order valence-corrected chi connectivity index (χ2v) is 17.7. The van der Waals surface area contributed by atoms with Gasteiger partial charge in [-0.3, -0.25) is 14.0 Å². The summed E-state index contributed by atoms with van der Waals surface area (Å²) in [5, 5.41) is 0. The van der Waals surface area contributed by atoms with Crippen LogP contribution in [0, 0.1) is 6.33 Å². The van der Waals surface area contributed by atoms with Gasteiger partial charge in [0.2, 0.25) is 6.71 Å². The normalized spacial score (nSPS) is 18.4. The fraction of sp³-hybridized carbons (Fsp3) is 0.103. The van der Waals surface area contributed by atoms with Gasteiger partial charge in [0.1, 0.15) is 40.7 Å². The highest BCUT2D eigenvalue weighted by Gasteiger charge is 2.54. The van der Waals surface area contributed by atoms with Crippen molar-refractivity contribution in [3.63, 3.8) is 0 Å². The van der Waals surface area contributed by atoms with Gasteiger partial charge in [-0.1, -0.05) is 142 Å². The molecule has 0 saturated heterocycles. The molecular formula is C58H43BN4O3. The van der Waals surface area contributed by atoms with E-state index in [1.54, 1.807) is 27.3 Å². The molecule has 0 N–H and O–H groups in total. The molecule has 0 radical (unpaired) electrons. The molecule has 4 aliphatic rings. The number of nitrogens with zero attached hydrogens (tertiary/aromatic N) is 4. The molecule has 13 rings (SSSR count). The zero-order valence-corrected chi connectivity index (χ0v) is 35.9. The molecule has 7 nitrogen and oxygen atoms in total. The highest BCUT2D eigenvalue weighted by atomic mass is 16.5. The molecule has 2 atom stereocenters. The second kappa shape index (κ2) is 14.7. The fourth-order valence-corrected chi connectivity index (χ4v) is 9.95. The van der Waals surface area contributed by atoms with Gasteiger partial charge < -0.3 is 14.2 Å². The maximum Gasteiger partial charge on any atom is 0.269 e. The topological polar surface area (TPSA) is 52.6 Å². The van der Waals surface area contributed by atoms with Gasteiger partial charge in [0, 0.05) is 35.5 Å². The van der Waals surface area contributed by atoms with Crippen molar-refractivity contribution in [2.45, 2.75) is 38.1 Å². The average Bonchev–Trinajstić information content (AvgIpc) is 3.83. The molecule has 1 aliphatic carbocycles. The Labute approximate surface area is 398 Å². The summed E-state index contributed by atoms with van der Waals surface area (Å²) in [5.41, 5.74) is 6.86. The molecule has 5 heterocycles. The first-order chi connectivity index (χ1) is 36.5. The Kier molecular flexibility index (Phi) is 6.55. The molecule has 66 heavy (non-hydrogen) atoms. The van der Waals surface area contributed by atoms with Gasteiger partial charge in [-0.25, -0.2) is 4.98 Å². The Hall–Kier alpha value is -8.10. The van der Waals surface area contributed by atoms with Crippen LogP contribution in [0.4, 0.5) is 17.2 Å². The lowest BCUT2D eigenvalue weighted by Gasteiger charge is -2.48. The van der Waals surface area contributed by atoms with E-state index >= 15 is 0 Å². The number of benzene rings is 7. The lowest BCUT2D eigenvalue weighted by atomic mass is 9.29. The van der Waals surface area contributed by atoms with E-state index in [0.29, 0.717) is 34.0 Å². The van der Waals surface area contributed by atoms with Gasteiger partial charge in [-0.2, -0.15) is 0 Å². The molecule has 0 spiro atoms. The molecule has 0 saturated carbocycles. The van der Waals surface area contributed by atoms with Crippen LogP contribution in [0.2, 0.25) is 5.82 Å². The van der Waals surface area contributed by atoms with Crippen LogP contribution in [0.25, 0.3) is 44.7 Å². The average molecular weight is 865 g/mol. The number of para-hydroxylation sites is 3. The molecule has 8 heteroatoms. The van der Waals surface area contributed by atoms with Gasteiger partial charge >= 0.3 is 0 Å². The standard InChI is InChI=1S/C58H43BN4O3/c1-58(2,3)39-30-31-60-53(32-39)63-47-26-14-27-49-54(47)59-55-48(63)34-42(35-52(55)66-51-29-15-28-50(65-49)56(51)59)64-41-21-12-20-40(33-41)61-36-62(46-25-11-10-24-45(46)61)57-43(37-16-6-4-7-17-37)22-13-23-44(57)38-18-8-5-9-19-38/h4-35,50,56H,1-3H3/i4D,5D,6D,7D,8D,9D,16D,17D,18D,19D. The number of hydrogen-bond acceptors (Lipinski definition) is 5. The minimum Gasteiger partial charge on any atom is -0.487 e. The molecule has 0 bridgehead atoms. The van der Waals surface area contributed by atoms with Crippen LogP contribution >= 0.6 is 0 Å². The molecule has 2 unspecified atom stereocenters. The van der Waals surface area contributed by atoms with Gasteiger partial charge in [0.05, 0.1) is 36.1 Å². The predicted octanol–water partition coefficient (Wildman–Crippen LogP) is 11.9. The van der Waals surface area contributed by atoms with Crippen molar-refractivity contribution in [1.82, 2.24) is 9.55 Å². The SMILES string of the molecule is [2H]c1c([2H])c([2H])c(-c2cccc(-c3c([2H])c([2H])c([2H])c([2H])c3[2H])c2-[n+]2[c-]n(-c3cccc(Oc4cc5c6c(c4)N(c4cc(C(C)(C)C)ccn4)c4cccc7c4B6C4C(=CC=CC4O7)O5)c3)c3ccccc32)c([2H])c1[2H]. The van der Waals surface area contributed by atoms with E-state index in [-0.39, 0.29) is 52.0 Å². The Morgan fingerprint density at radius 1 is 0.742 bits per heavy atom. The number of anilines is 3. The van der Waals surface area contributed by atoms with E-state index in [1.807, 2.05) is 97.2 Å². The number of imidazole rings is 1. The van der Waals surface area contributed by atoms with Crippen LogP contribution in [0.15, 0.2) is 200 Å². The van der Waals surface area contributed by atoms with Crippen molar-refractivity contribution >= 4 is 45.9 Å². The minimum atomic E-state index is -0.573. The molecule has 0 amide bonds. The van der Waals surface area contributed by atoms with Crippen molar-refractivity contribution in [3.05, 3.63) is 212 Å². The van der Waals surface area contributed by atoms with E-state index in [4.69, 9.17) is 32.9 Å². The zero-order valence-electron chi connectivity index (χ0n) is 45.9. The Bertz CT molecular complexity index is 3950. The molecule has 2 aromatic heterocycles. The highest BCUT2D eigenvalue weighted by Crippen LogP contribution is 2.51. The molecule has 0 fully saturated rings. The van der Waals surface area contributed by atoms with Crippen LogP contribution in [0.1, 0.15) is 40.0 Å². The predicted molar refractivity (Wildman–Crippen MR) is 263 cm³/mol. The number of pyridine rings is 1. The highest BCUT2D eigenvalue weighted by molar-refractivity contribution is 6.91. The van der Waals surface area contributed by atoms with Crippen LogP contribution in [0.5, 0.6) is 23.0 Å². The van der Waals surface area contributed by atoms with Crippen molar-refractivity contribution in [2.75, 3.05) is 4.90 Å². The first-order valence-corrected chi connectivity index (χ1v) is 21.8. The van der Waals surface area contributed by atoms with Gasteiger partial charge in [-0.15, -0.1) is 0 Å². The first kappa shape index (κ1) is 29.4. The van der Waals surface area contributed by atoms with Crippen molar-refractivity contribution < 1.29 is 32.5 Å². The van der Waals surface area contributed by atoms with E-state index in [2.05, 4.69) is 50.2 Å². The Morgan fingerprint density at radius 2 is 1.48 bits per heavy atom. The summed E-state index contributed by atoms with van der Waals surface area (Å²) in [4.78, 5) is 7.15. The largest absolute Gasteiger partial charge is 0.487 e. The Morgan fingerprint density at radius 3 is 2.27 bits per heavy atom. The maximum atomic E-state index is 9.07. The number of ether oxygens (including phenoxy) is 3. The quantitative estimate of drug-likeness (QED) is 0.0907. The molecule has 3 aliphatic heterocycles. The molecule has 7 aromatic carbocycles. The van der Waals surface area contributed by atoms with Crippen LogP contribution in [0.3, 0.4) is 0 Å². The van der Waals surface area contributed by atoms with Crippen LogP contribution in [-0.2, 0) is 5.41 Å². The summed E-state index contributed by atoms with van der Waals surface area (Å²) in [7, 11) is 0. The smallest absolute Gasteiger partial charge is 0.269 e. The molecule has 316 valence electrons.